The van der Waals surface area contributed by atoms with Crippen molar-refractivity contribution >= 4 is 23.5 Å². The summed E-state index contributed by atoms with van der Waals surface area (Å²) in [5.41, 5.74) is 0. The highest BCUT2D eigenvalue weighted by atomic mass is 35.5. The number of nitrogens with zero attached hydrogens (tertiary/aromatic N) is 1. The maximum Gasteiger partial charge on any atom is 0.321 e. The van der Waals surface area contributed by atoms with Gasteiger partial charge in [-0.25, -0.2) is 4.79 Å². The summed E-state index contributed by atoms with van der Waals surface area (Å²) in [6.45, 7) is 3.74. The van der Waals surface area contributed by atoms with E-state index in [-0.39, 0.29) is 12.5 Å². The number of nitrogens with one attached hydrogen (secondary N) is 2. The number of ether oxygens (including phenoxy) is 1. The molecular formula is C16H24ClN3O3. The summed E-state index contributed by atoms with van der Waals surface area (Å²) in [7, 11) is 1.79. The highest BCUT2D eigenvalue weighted by Crippen LogP contribution is 2.15. The Kier molecular flexibility index (Phi) is 9.09. The Hall–Kier alpha value is -1.79. The average Bonchev–Trinajstić information content (AvgIpc) is 2.49. The summed E-state index contributed by atoms with van der Waals surface area (Å²) < 4.78 is 5.55. The Labute approximate surface area is 142 Å². The molecule has 0 saturated heterocycles. The fourth-order valence-electron chi connectivity index (χ4n) is 1.76. The molecule has 6 nitrogen and oxygen atoms in total. The number of hydrogen-bond acceptors (Lipinski definition) is 4. The van der Waals surface area contributed by atoms with E-state index in [9.17, 15) is 9.59 Å². The van der Waals surface area contributed by atoms with Gasteiger partial charge in [-0.2, -0.15) is 0 Å². The number of imide groups is 1. The van der Waals surface area contributed by atoms with Crippen molar-refractivity contribution in [1.29, 1.82) is 0 Å². The van der Waals surface area contributed by atoms with E-state index in [1.165, 1.54) is 0 Å². The topological polar surface area (TPSA) is 70.7 Å². The van der Waals surface area contributed by atoms with Gasteiger partial charge in [0.05, 0.1) is 6.54 Å². The molecule has 0 aliphatic carbocycles. The average molecular weight is 342 g/mol. The van der Waals surface area contributed by atoms with Gasteiger partial charge in [0.15, 0.2) is 0 Å². The first-order valence-electron chi connectivity index (χ1n) is 7.66. The maximum atomic E-state index is 11.7. The zero-order valence-electron chi connectivity index (χ0n) is 13.6. The number of urea groups is 1. The van der Waals surface area contributed by atoms with Crippen molar-refractivity contribution in [2.24, 2.45) is 0 Å². The van der Waals surface area contributed by atoms with E-state index in [4.69, 9.17) is 16.3 Å². The summed E-state index contributed by atoms with van der Waals surface area (Å²) in [6, 6.07) is 6.64. The van der Waals surface area contributed by atoms with Crippen molar-refractivity contribution in [2.75, 3.05) is 33.3 Å². The minimum atomic E-state index is -0.450. The van der Waals surface area contributed by atoms with E-state index in [1.54, 1.807) is 36.2 Å². The summed E-state index contributed by atoms with van der Waals surface area (Å²) >= 11 is 5.79. The SMILES string of the molecule is CCCCNC(=O)NC(=O)CN(C)CCOc1ccc(Cl)cc1. The van der Waals surface area contributed by atoms with Crippen LogP contribution < -0.4 is 15.4 Å². The van der Waals surface area contributed by atoms with Crippen LogP contribution in [0.15, 0.2) is 24.3 Å². The number of carbonyl (C=O) groups excluding carboxylic acids is 2. The standard InChI is InChI=1S/C16H24ClN3O3/c1-3-4-9-18-16(22)19-15(21)12-20(2)10-11-23-14-7-5-13(17)6-8-14/h5-8H,3-4,9-12H2,1-2H3,(H2,18,19,21,22). The van der Waals surface area contributed by atoms with Gasteiger partial charge in [-0.15, -0.1) is 0 Å². The highest BCUT2D eigenvalue weighted by molar-refractivity contribution is 6.30. The molecule has 0 bridgehead atoms. The Morgan fingerprint density at radius 3 is 2.61 bits per heavy atom. The third-order valence-corrected chi connectivity index (χ3v) is 3.29. The lowest BCUT2D eigenvalue weighted by Crippen LogP contribution is -2.44. The Morgan fingerprint density at radius 2 is 1.96 bits per heavy atom. The molecule has 0 aliphatic heterocycles. The molecule has 7 heteroatoms. The van der Waals surface area contributed by atoms with Crippen molar-refractivity contribution in [3.63, 3.8) is 0 Å². The number of hydrogen-bond donors (Lipinski definition) is 2. The van der Waals surface area contributed by atoms with Gasteiger partial charge >= 0.3 is 6.03 Å². The molecule has 2 N–H and O–H groups in total. The van der Waals surface area contributed by atoms with Crippen LogP contribution in [0.4, 0.5) is 4.79 Å². The molecule has 0 radical (unpaired) electrons. The summed E-state index contributed by atoms with van der Waals surface area (Å²) in [5, 5.41) is 5.59. The zero-order chi connectivity index (χ0) is 17.1. The molecule has 1 aromatic carbocycles. The van der Waals surface area contributed by atoms with Crippen LogP contribution in [0.3, 0.4) is 0 Å². The number of halogens is 1. The van der Waals surface area contributed by atoms with E-state index in [2.05, 4.69) is 10.6 Å². The number of amides is 3. The van der Waals surface area contributed by atoms with Crippen LogP contribution in [0, 0.1) is 0 Å². The third-order valence-electron chi connectivity index (χ3n) is 3.04. The van der Waals surface area contributed by atoms with Crippen LogP contribution in [-0.4, -0.2) is 50.1 Å². The summed E-state index contributed by atoms with van der Waals surface area (Å²) in [5.74, 6) is 0.385. The van der Waals surface area contributed by atoms with Gasteiger partial charge in [-0.3, -0.25) is 15.0 Å². The number of unbranched alkanes of at least 4 members (excludes halogenated alkanes) is 1. The Bertz CT molecular complexity index is 494. The Balaban J connectivity index is 2.17. The molecule has 0 aliphatic rings. The normalized spacial score (nSPS) is 10.4. The molecule has 128 valence electrons. The largest absolute Gasteiger partial charge is 0.492 e. The van der Waals surface area contributed by atoms with Crippen LogP contribution in [-0.2, 0) is 4.79 Å². The maximum absolute atomic E-state index is 11.7. The highest BCUT2D eigenvalue weighted by Gasteiger charge is 2.10. The molecule has 0 heterocycles. The van der Waals surface area contributed by atoms with Crippen molar-refractivity contribution in [3.8, 4) is 5.75 Å². The van der Waals surface area contributed by atoms with Crippen molar-refractivity contribution in [3.05, 3.63) is 29.3 Å². The van der Waals surface area contributed by atoms with Crippen LogP contribution in [0.5, 0.6) is 5.75 Å². The molecule has 0 aromatic heterocycles. The number of rotatable bonds is 9. The molecule has 0 unspecified atom stereocenters. The van der Waals surface area contributed by atoms with Gasteiger partial charge in [0, 0.05) is 18.1 Å². The monoisotopic (exact) mass is 341 g/mol. The van der Waals surface area contributed by atoms with Gasteiger partial charge in [-0.1, -0.05) is 24.9 Å². The second-order valence-corrected chi connectivity index (χ2v) is 5.63. The van der Waals surface area contributed by atoms with E-state index < -0.39 is 6.03 Å². The molecule has 3 amide bonds. The molecule has 0 spiro atoms. The predicted molar refractivity (Wildman–Crippen MR) is 90.9 cm³/mol. The second-order valence-electron chi connectivity index (χ2n) is 5.20. The van der Waals surface area contributed by atoms with Gasteiger partial charge in [-0.05, 0) is 37.7 Å². The first kappa shape index (κ1) is 19.3. The fourth-order valence-corrected chi connectivity index (χ4v) is 1.89. The Morgan fingerprint density at radius 1 is 1.26 bits per heavy atom. The second kappa shape index (κ2) is 10.9. The first-order chi connectivity index (χ1) is 11.0. The van der Waals surface area contributed by atoms with Crippen molar-refractivity contribution < 1.29 is 14.3 Å². The lowest BCUT2D eigenvalue weighted by Gasteiger charge is -2.16. The fraction of sp³-hybridized carbons (Fsp3) is 0.500. The van der Waals surface area contributed by atoms with Gasteiger partial charge < -0.3 is 10.1 Å². The quantitative estimate of drug-likeness (QED) is 0.676. The van der Waals surface area contributed by atoms with Crippen molar-refractivity contribution in [2.45, 2.75) is 19.8 Å². The van der Waals surface area contributed by atoms with Gasteiger partial charge in [0.2, 0.25) is 5.91 Å². The molecule has 0 fully saturated rings. The molecular weight excluding hydrogens is 318 g/mol. The molecule has 1 aromatic rings. The van der Waals surface area contributed by atoms with E-state index in [0.717, 1.165) is 18.6 Å². The molecule has 0 atom stereocenters. The summed E-state index contributed by atoms with van der Waals surface area (Å²) in [6.07, 6.45) is 1.88. The van der Waals surface area contributed by atoms with E-state index >= 15 is 0 Å². The lowest BCUT2D eigenvalue weighted by molar-refractivity contribution is -0.120. The number of benzene rings is 1. The van der Waals surface area contributed by atoms with E-state index in [1.807, 2.05) is 6.92 Å². The minimum absolute atomic E-state index is 0.130. The zero-order valence-corrected chi connectivity index (χ0v) is 14.4. The first-order valence-corrected chi connectivity index (χ1v) is 8.03. The minimum Gasteiger partial charge on any atom is -0.492 e. The van der Waals surface area contributed by atoms with Crippen LogP contribution >= 0.6 is 11.6 Å². The van der Waals surface area contributed by atoms with Crippen LogP contribution in [0.25, 0.3) is 0 Å². The van der Waals surface area contributed by atoms with Crippen LogP contribution in [0.1, 0.15) is 19.8 Å². The smallest absolute Gasteiger partial charge is 0.321 e. The number of likely N-dealkylation sites (N-methyl/N-ethyl adjacent to an activating group) is 1. The lowest BCUT2D eigenvalue weighted by atomic mass is 10.3. The van der Waals surface area contributed by atoms with Crippen LogP contribution in [0.2, 0.25) is 5.02 Å². The number of carbonyl (C=O) groups is 2. The molecule has 0 saturated carbocycles. The van der Waals surface area contributed by atoms with Crippen molar-refractivity contribution in [1.82, 2.24) is 15.5 Å². The molecule has 23 heavy (non-hydrogen) atoms. The predicted octanol–water partition coefficient (Wildman–Crippen LogP) is 2.28. The summed E-state index contributed by atoms with van der Waals surface area (Å²) in [4.78, 5) is 24.9. The third kappa shape index (κ3) is 9.05. The van der Waals surface area contributed by atoms with Gasteiger partial charge in [0.25, 0.3) is 0 Å². The van der Waals surface area contributed by atoms with E-state index in [0.29, 0.717) is 24.7 Å². The van der Waals surface area contributed by atoms with Gasteiger partial charge in [0.1, 0.15) is 12.4 Å². The molecule has 1 rings (SSSR count).